The highest BCUT2D eigenvalue weighted by atomic mass is 16.8. The molecule has 0 aromatic carbocycles. The van der Waals surface area contributed by atoms with Crippen molar-refractivity contribution < 1.29 is 168 Å². The van der Waals surface area contributed by atoms with Gasteiger partial charge in [0.1, 0.15) is 109 Å². The number of ether oxygens (including phenoxy) is 13. The van der Waals surface area contributed by atoms with Crippen LogP contribution >= 0.6 is 0 Å². The molecule has 0 amide bonds. The highest BCUT2D eigenvalue weighted by Gasteiger charge is 2.74. The summed E-state index contributed by atoms with van der Waals surface area (Å²) < 4.78 is 76.5. The Morgan fingerprint density at radius 2 is 1.14 bits per heavy atom. The van der Waals surface area contributed by atoms with Crippen LogP contribution in [0.4, 0.5) is 0 Å². The summed E-state index contributed by atoms with van der Waals surface area (Å²) >= 11 is 0. The zero-order valence-corrected chi connectivity index (χ0v) is 56.4. The molecule has 0 aromatic heterocycles. The van der Waals surface area contributed by atoms with Crippen LogP contribution in [0.25, 0.3) is 0 Å². The van der Waals surface area contributed by atoms with E-state index in [-0.39, 0.29) is 25.2 Å². The topological polar surface area (TPSA) is 539 Å². The molecular formula is C65H104O34. The van der Waals surface area contributed by atoms with E-state index in [1.54, 1.807) is 0 Å². The number of carbonyl (C=O) groups is 2. The van der Waals surface area contributed by atoms with Gasteiger partial charge in [-0.1, -0.05) is 46.3 Å². The van der Waals surface area contributed by atoms with E-state index in [4.69, 9.17) is 61.6 Å². The molecule has 11 aliphatic rings. The molecule has 5 aliphatic carbocycles. The lowest BCUT2D eigenvalue weighted by atomic mass is 9.33. The first-order chi connectivity index (χ1) is 46.5. The molecule has 6 aliphatic heterocycles. The quantitative estimate of drug-likeness (QED) is 0.0344. The molecule has 11 rings (SSSR count). The van der Waals surface area contributed by atoms with Crippen molar-refractivity contribution in [3.8, 4) is 0 Å². The van der Waals surface area contributed by atoms with Gasteiger partial charge in [-0.25, -0.2) is 0 Å². The Hall–Kier alpha value is -2.52. The average Bonchev–Trinajstić information content (AvgIpc) is 1.38. The summed E-state index contributed by atoms with van der Waals surface area (Å²) in [5, 5.41) is 212. The second-order valence-corrected chi connectivity index (χ2v) is 31.2. The minimum atomic E-state index is -2.11. The van der Waals surface area contributed by atoms with Crippen LogP contribution in [0.15, 0.2) is 11.6 Å². The molecule has 10 fully saturated rings. The minimum Gasteiger partial charge on any atom is -0.454 e. The third-order valence-corrected chi connectivity index (χ3v) is 25.0. The van der Waals surface area contributed by atoms with E-state index in [1.165, 1.54) is 6.92 Å². The highest BCUT2D eigenvalue weighted by Crippen LogP contribution is 2.76. The Morgan fingerprint density at radius 1 is 0.535 bits per heavy atom. The van der Waals surface area contributed by atoms with Crippen LogP contribution in [0.3, 0.4) is 0 Å². The molecular weight excluding hydrogens is 1320 g/mol. The second-order valence-electron chi connectivity index (χ2n) is 31.2. The first kappa shape index (κ1) is 77.6. The Kier molecular flexibility index (Phi) is 22.7. The molecule has 4 saturated carbocycles. The van der Waals surface area contributed by atoms with E-state index in [9.17, 15) is 102 Å². The fourth-order valence-electron chi connectivity index (χ4n) is 19.2. The van der Waals surface area contributed by atoms with Gasteiger partial charge < -0.3 is 159 Å². The number of aliphatic hydroxyl groups excluding tert-OH is 18. The van der Waals surface area contributed by atoms with Gasteiger partial charge in [0.2, 0.25) is 6.29 Å². The third kappa shape index (κ3) is 13.1. The van der Waals surface area contributed by atoms with Crippen LogP contribution in [-0.4, -0.2) is 339 Å². The second kappa shape index (κ2) is 29.0. The van der Waals surface area contributed by atoms with Crippen LogP contribution in [0, 0.1) is 50.2 Å². The first-order valence-electron chi connectivity index (χ1n) is 34.3. The predicted octanol–water partition coefficient (Wildman–Crippen LogP) is -6.98. The van der Waals surface area contributed by atoms with Crippen LogP contribution in [0.1, 0.15) is 99.8 Å². The zero-order valence-electron chi connectivity index (χ0n) is 56.4. The molecule has 0 bridgehead atoms. The molecule has 34 heteroatoms. The minimum absolute atomic E-state index is 0.00364. The number of esters is 2. The Labute approximate surface area is 570 Å². The predicted molar refractivity (Wildman–Crippen MR) is 324 cm³/mol. The van der Waals surface area contributed by atoms with Crippen molar-refractivity contribution in [3.05, 3.63) is 11.6 Å². The Bertz CT molecular complexity index is 2830. The maximum Gasteiger partial charge on any atom is 0.317 e. The van der Waals surface area contributed by atoms with Crippen LogP contribution in [0.5, 0.6) is 0 Å². The van der Waals surface area contributed by atoms with Gasteiger partial charge in [-0.3, -0.25) is 9.59 Å². The lowest BCUT2D eigenvalue weighted by Crippen LogP contribution is -2.72. The van der Waals surface area contributed by atoms with Crippen LogP contribution in [0.2, 0.25) is 0 Å². The van der Waals surface area contributed by atoms with Gasteiger partial charge in [-0.15, -0.1) is 0 Å². The Balaban J connectivity index is 0.820. The van der Waals surface area contributed by atoms with Gasteiger partial charge in [0.25, 0.3) is 0 Å². The van der Waals surface area contributed by atoms with E-state index < -0.39 is 287 Å². The highest BCUT2D eigenvalue weighted by molar-refractivity contribution is 5.80. The number of hydrogen-bond donors (Lipinski definition) is 19. The summed E-state index contributed by atoms with van der Waals surface area (Å²) in [4.78, 5) is 28.5. The normalized spacial score (nSPS) is 52.7. The summed E-state index contributed by atoms with van der Waals surface area (Å²) in [5.41, 5.74) is -7.54. The lowest BCUT2D eigenvalue weighted by molar-refractivity contribution is -0.377. The van der Waals surface area contributed by atoms with E-state index in [1.807, 2.05) is 6.92 Å². The fourth-order valence-corrected chi connectivity index (χ4v) is 19.2. The van der Waals surface area contributed by atoms with E-state index in [0.717, 1.165) is 12.5 Å². The van der Waals surface area contributed by atoms with E-state index in [2.05, 4.69) is 33.8 Å². The number of hydrogen-bond acceptors (Lipinski definition) is 34. The van der Waals surface area contributed by atoms with Crippen molar-refractivity contribution in [2.75, 3.05) is 52.9 Å². The maximum absolute atomic E-state index is 15.7. The number of carbonyl (C=O) groups excluding carboxylic acids is 2. The van der Waals surface area contributed by atoms with Crippen molar-refractivity contribution in [1.29, 1.82) is 0 Å². The number of rotatable bonds is 18. The molecule has 568 valence electrons. The first-order valence-corrected chi connectivity index (χ1v) is 34.3. The van der Waals surface area contributed by atoms with Crippen molar-refractivity contribution in [2.45, 2.75) is 277 Å². The van der Waals surface area contributed by atoms with Crippen molar-refractivity contribution in [2.24, 2.45) is 50.2 Å². The maximum atomic E-state index is 15.7. The summed E-state index contributed by atoms with van der Waals surface area (Å²) in [5.74, 6) is -3.56. The summed E-state index contributed by atoms with van der Waals surface area (Å²) in [7, 11) is 0. The largest absolute Gasteiger partial charge is 0.454 e. The smallest absolute Gasteiger partial charge is 0.317 e. The zero-order chi connectivity index (χ0) is 72.3. The molecule has 6 heterocycles. The molecule has 19 N–H and O–H groups in total. The van der Waals surface area contributed by atoms with Gasteiger partial charge in [0.15, 0.2) is 43.7 Å². The molecule has 99 heavy (non-hydrogen) atoms. The molecule has 36 atom stereocenters. The molecule has 0 aromatic rings. The van der Waals surface area contributed by atoms with Gasteiger partial charge in [-0.2, -0.15) is 0 Å². The number of aliphatic hydroxyl groups is 19. The van der Waals surface area contributed by atoms with Crippen LogP contribution < -0.4 is 0 Å². The van der Waals surface area contributed by atoms with Crippen molar-refractivity contribution >= 4 is 11.9 Å². The van der Waals surface area contributed by atoms with Gasteiger partial charge in [-0.05, 0) is 97.7 Å². The summed E-state index contributed by atoms with van der Waals surface area (Å²) in [6, 6.07) is 0. The molecule has 34 nitrogen and oxygen atoms in total. The van der Waals surface area contributed by atoms with Gasteiger partial charge in [0, 0.05) is 12.3 Å². The summed E-state index contributed by atoms with van der Waals surface area (Å²) in [6.45, 7) is 6.93. The number of allylic oxidation sites excluding steroid dienone is 2. The summed E-state index contributed by atoms with van der Waals surface area (Å²) in [6.07, 6.45) is -44.0. The van der Waals surface area contributed by atoms with Crippen molar-refractivity contribution in [1.82, 2.24) is 0 Å². The molecule has 6 saturated heterocycles. The fraction of sp³-hybridized carbons (Fsp3) is 0.938. The molecule has 0 unspecified atom stereocenters. The van der Waals surface area contributed by atoms with Crippen LogP contribution in [-0.2, 0) is 71.2 Å². The van der Waals surface area contributed by atoms with E-state index >= 15 is 4.79 Å². The average molecular weight is 1430 g/mol. The molecule has 0 radical (unpaired) electrons. The number of fused-ring (bicyclic) bond motifs is 7. The van der Waals surface area contributed by atoms with Gasteiger partial charge >= 0.3 is 11.9 Å². The Morgan fingerprint density at radius 3 is 1.78 bits per heavy atom. The molecule has 0 spiro atoms. The third-order valence-electron chi connectivity index (χ3n) is 25.0. The van der Waals surface area contributed by atoms with Crippen molar-refractivity contribution in [3.63, 3.8) is 0 Å². The SMILES string of the molecule is CC(=O)O[C@H]1[C@H](O[C@H]2[C@H](OC(=O)[C@]34CCC(C)(C)C[C@H]3C3=CC[C@@H]5[C@@]6(C)C[C@H](O)[C@H](O[C@@H]7O[C@H](CO)[C@@H](O)[C@H](O[C@@H]8O[C@H](CO)[C@@H](O)[C@H](O)[C@H]8O)[C@H]7O)C(CO)(CO)[C@H]6CC[C@@]5(C)[C@]3(C)C[C@H]4O)OC[C@H](O)[C@@H]2O)O[C@@H](C)[C@H](O[C@@H]2OC[C@@H](O)[C@H](O[C@@H]3OC[C@](O)(CO)[C@H]3O)[C@H]2O)[C@H]1O. The standard InChI is InChI=1S/C65H104O34/c1-25-45(94-52-43(82)46(31(74)20-87-52)95-57-50(84)64(86,23-70)24-89-57)42(81)49(91-26(2)71)56(90-25)97-48-37(76)30(73)19-88-55(48)99-58(85)65-13-12-59(3,4)14-28(65)27-8-9-34-60(5)15-29(72)51(63(21-68,22-69)35(60)10-11-61(34,6)62(27,7)16-36(65)75)98-54-44(83)47(39(78)33(18-67)93-54)96-53-41(80)40(79)38(77)32(17-66)92-53/h8,25,28-57,66-70,72-84,86H,9-24H2,1-7H3/t25-,28-,29-,30-,31+,32+,33+,34+,35-,36+,37-,38+,39+,40-,41+,42+,43+,44+,45-,46-,47-,48+,49+,50-,51-,52-,53-,54-,55-,56-,57-,60+,61+,62+,64+,65+/m0/s1. The van der Waals surface area contributed by atoms with E-state index in [0.29, 0.717) is 32.1 Å². The lowest BCUT2D eigenvalue weighted by Gasteiger charge is -2.72. The van der Waals surface area contributed by atoms with Gasteiger partial charge in [0.05, 0.1) is 77.3 Å². The monoisotopic (exact) mass is 1430 g/mol.